The maximum absolute atomic E-state index is 5.89. The molecule has 2 aromatic rings. The molecule has 0 radical (unpaired) electrons. The van der Waals surface area contributed by atoms with Crippen LogP contribution in [0.1, 0.15) is 26.2 Å². The number of hydrazone groups is 1. The van der Waals surface area contributed by atoms with Gasteiger partial charge in [-0.05, 0) is 37.3 Å². The van der Waals surface area contributed by atoms with E-state index in [1.54, 1.807) is 11.3 Å². The summed E-state index contributed by atoms with van der Waals surface area (Å²) in [5, 5.41) is 8.06. The molecule has 1 aliphatic rings. The first-order valence-electron chi connectivity index (χ1n) is 6.73. The van der Waals surface area contributed by atoms with Gasteiger partial charge in [-0.1, -0.05) is 30.7 Å². The Morgan fingerprint density at radius 1 is 1.33 bits per heavy atom. The SMILES string of the molecule is Br.CC1CC/C(=N/Nc2nc(-c3ccc(Cl)cc3)cs2)C1. The molecule has 21 heavy (non-hydrogen) atoms. The number of halogens is 2. The molecule has 1 atom stereocenters. The molecule has 0 bridgehead atoms. The molecule has 1 saturated carbocycles. The Bertz CT molecular complexity index is 624. The molecule has 1 aromatic carbocycles. The summed E-state index contributed by atoms with van der Waals surface area (Å²) in [6.45, 7) is 2.27. The summed E-state index contributed by atoms with van der Waals surface area (Å²) in [6, 6.07) is 7.71. The van der Waals surface area contributed by atoms with Crippen LogP contribution in [0.2, 0.25) is 5.02 Å². The van der Waals surface area contributed by atoms with Crippen molar-refractivity contribution in [1.82, 2.24) is 4.98 Å². The fourth-order valence-electron chi connectivity index (χ4n) is 2.33. The predicted octanol–water partition coefficient (Wildman–Crippen LogP) is 5.63. The summed E-state index contributed by atoms with van der Waals surface area (Å²) in [4.78, 5) is 4.55. The third-order valence-electron chi connectivity index (χ3n) is 3.46. The second kappa shape index (κ2) is 7.38. The van der Waals surface area contributed by atoms with Crippen molar-refractivity contribution in [2.45, 2.75) is 26.2 Å². The Morgan fingerprint density at radius 2 is 2.10 bits per heavy atom. The minimum atomic E-state index is 0. The van der Waals surface area contributed by atoms with Gasteiger partial charge in [-0.3, -0.25) is 5.43 Å². The van der Waals surface area contributed by atoms with Gasteiger partial charge in [0.15, 0.2) is 0 Å². The third-order valence-corrected chi connectivity index (χ3v) is 4.46. The van der Waals surface area contributed by atoms with Crippen molar-refractivity contribution in [2.24, 2.45) is 11.0 Å². The highest BCUT2D eigenvalue weighted by atomic mass is 79.9. The Balaban J connectivity index is 0.00000161. The van der Waals surface area contributed by atoms with E-state index in [1.165, 1.54) is 12.1 Å². The number of nitrogens with one attached hydrogen (secondary N) is 1. The van der Waals surface area contributed by atoms with Crippen molar-refractivity contribution in [3.63, 3.8) is 0 Å². The summed E-state index contributed by atoms with van der Waals surface area (Å²) < 4.78 is 0. The largest absolute Gasteiger partial charge is 0.253 e. The van der Waals surface area contributed by atoms with E-state index in [2.05, 4.69) is 22.4 Å². The smallest absolute Gasteiger partial charge is 0.203 e. The van der Waals surface area contributed by atoms with E-state index >= 15 is 0 Å². The van der Waals surface area contributed by atoms with E-state index in [0.29, 0.717) is 0 Å². The summed E-state index contributed by atoms with van der Waals surface area (Å²) in [6.07, 6.45) is 3.44. The number of aromatic nitrogens is 1. The molecule has 1 aromatic heterocycles. The zero-order valence-electron chi connectivity index (χ0n) is 11.7. The summed E-state index contributed by atoms with van der Waals surface area (Å²) in [7, 11) is 0. The highest BCUT2D eigenvalue weighted by Gasteiger charge is 2.16. The van der Waals surface area contributed by atoms with E-state index < -0.39 is 0 Å². The molecular weight excluding hydrogens is 370 g/mol. The van der Waals surface area contributed by atoms with Crippen LogP contribution < -0.4 is 5.43 Å². The monoisotopic (exact) mass is 385 g/mol. The van der Waals surface area contributed by atoms with E-state index in [1.807, 2.05) is 29.6 Å². The van der Waals surface area contributed by atoms with Crippen LogP contribution in [0.15, 0.2) is 34.7 Å². The first-order valence-corrected chi connectivity index (χ1v) is 7.99. The molecule has 112 valence electrons. The van der Waals surface area contributed by atoms with Crippen LogP contribution in [0.4, 0.5) is 5.13 Å². The molecule has 0 spiro atoms. The van der Waals surface area contributed by atoms with Crippen molar-refractivity contribution >= 4 is 50.8 Å². The van der Waals surface area contributed by atoms with E-state index in [4.69, 9.17) is 11.6 Å². The maximum Gasteiger partial charge on any atom is 0.203 e. The van der Waals surface area contributed by atoms with Crippen LogP contribution in [-0.2, 0) is 0 Å². The maximum atomic E-state index is 5.89. The van der Waals surface area contributed by atoms with Gasteiger partial charge in [0.2, 0.25) is 5.13 Å². The molecule has 3 rings (SSSR count). The Kier molecular flexibility index (Phi) is 5.79. The summed E-state index contributed by atoms with van der Waals surface area (Å²) in [5.74, 6) is 0.761. The third kappa shape index (κ3) is 4.28. The van der Waals surface area contributed by atoms with Gasteiger partial charge in [-0.15, -0.1) is 28.3 Å². The molecule has 0 aliphatic heterocycles. The fraction of sp³-hybridized carbons (Fsp3) is 0.333. The normalized spacial score (nSPS) is 19.5. The number of nitrogens with zero attached hydrogens (tertiary/aromatic N) is 2. The van der Waals surface area contributed by atoms with Gasteiger partial charge in [-0.25, -0.2) is 4.98 Å². The molecule has 1 heterocycles. The highest BCUT2D eigenvalue weighted by molar-refractivity contribution is 8.93. The molecular formula is C15H17BrClN3S. The quantitative estimate of drug-likeness (QED) is 0.694. The van der Waals surface area contributed by atoms with Gasteiger partial charge in [0.05, 0.1) is 5.69 Å². The van der Waals surface area contributed by atoms with E-state index in [0.717, 1.165) is 40.2 Å². The topological polar surface area (TPSA) is 37.3 Å². The number of thiazole rings is 1. The Morgan fingerprint density at radius 3 is 2.76 bits per heavy atom. The van der Waals surface area contributed by atoms with Gasteiger partial charge in [0.1, 0.15) is 0 Å². The van der Waals surface area contributed by atoms with Gasteiger partial charge in [-0.2, -0.15) is 5.10 Å². The minimum absolute atomic E-state index is 0. The number of benzene rings is 1. The molecule has 3 nitrogen and oxygen atoms in total. The highest BCUT2D eigenvalue weighted by Crippen LogP contribution is 2.27. The van der Waals surface area contributed by atoms with Crippen molar-refractivity contribution in [3.8, 4) is 11.3 Å². The first-order chi connectivity index (χ1) is 9.70. The second-order valence-corrected chi connectivity index (χ2v) is 6.48. The number of rotatable bonds is 3. The van der Waals surface area contributed by atoms with Gasteiger partial charge in [0.25, 0.3) is 0 Å². The van der Waals surface area contributed by atoms with Crippen molar-refractivity contribution < 1.29 is 0 Å². The van der Waals surface area contributed by atoms with Crippen LogP contribution in [0.5, 0.6) is 0 Å². The fourth-order valence-corrected chi connectivity index (χ4v) is 3.11. The van der Waals surface area contributed by atoms with Crippen LogP contribution in [0, 0.1) is 5.92 Å². The average Bonchev–Trinajstić information content (AvgIpc) is 3.06. The zero-order valence-corrected chi connectivity index (χ0v) is 15.0. The molecule has 1 fully saturated rings. The van der Waals surface area contributed by atoms with Crippen molar-refractivity contribution in [1.29, 1.82) is 0 Å². The zero-order chi connectivity index (χ0) is 13.9. The number of hydrogen-bond donors (Lipinski definition) is 1. The van der Waals surface area contributed by atoms with Crippen molar-refractivity contribution in [3.05, 3.63) is 34.7 Å². The minimum Gasteiger partial charge on any atom is -0.253 e. The molecule has 1 N–H and O–H groups in total. The summed E-state index contributed by atoms with van der Waals surface area (Å²) >= 11 is 7.46. The lowest BCUT2D eigenvalue weighted by Crippen LogP contribution is -1.97. The Hall–Kier alpha value is -0.910. The molecule has 1 unspecified atom stereocenters. The standard InChI is InChI=1S/C15H16ClN3S.BrH/c1-10-2-7-13(8-10)18-19-15-17-14(9-20-15)11-3-5-12(16)6-4-11;/h3-6,9-10H,2,7-8H2,1H3,(H,17,19);1H/b18-13-;. The molecule has 1 aliphatic carbocycles. The van der Waals surface area contributed by atoms with E-state index in [-0.39, 0.29) is 17.0 Å². The van der Waals surface area contributed by atoms with E-state index in [9.17, 15) is 0 Å². The van der Waals surface area contributed by atoms with Crippen LogP contribution in [0.3, 0.4) is 0 Å². The number of anilines is 1. The second-order valence-electron chi connectivity index (χ2n) is 5.18. The molecule has 0 amide bonds. The average molecular weight is 387 g/mol. The van der Waals surface area contributed by atoms with Crippen molar-refractivity contribution in [2.75, 3.05) is 5.43 Å². The number of hydrogen-bond acceptors (Lipinski definition) is 4. The van der Waals surface area contributed by atoms with Gasteiger partial charge < -0.3 is 0 Å². The molecule has 6 heteroatoms. The van der Waals surface area contributed by atoms with Crippen LogP contribution in [-0.4, -0.2) is 10.7 Å². The lowest BCUT2D eigenvalue weighted by atomic mass is 10.1. The first kappa shape index (κ1) is 16.5. The predicted molar refractivity (Wildman–Crippen MR) is 97.0 cm³/mol. The Labute approximate surface area is 144 Å². The van der Waals surface area contributed by atoms with Crippen LogP contribution >= 0.6 is 39.9 Å². The molecule has 0 saturated heterocycles. The van der Waals surface area contributed by atoms with Crippen LogP contribution in [0.25, 0.3) is 11.3 Å². The lowest BCUT2D eigenvalue weighted by Gasteiger charge is -1.98. The van der Waals surface area contributed by atoms with Gasteiger partial charge >= 0.3 is 0 Å². The lowest BCUT2D eigenvalue weighted by molar-refractivity contribution is 0.623. The van der Waals surface area contributed by atoms with Gasteiger partial charge in [0, 0.05) is 21.7 Å². The summed E-state index contributed by atoms with van der Waals surface area (Å²) in [5.41, 5.74) is 6.35.